The number of fused-ring (bicyclic) bond motifs is 1. The lowest BCUT2D eigenvalue weighted by Crippen LogP contribution is -2.47. The first-order valence-corrected chi connectivity index (χ1v) is 11.4. The lowest BCUT2D eigenvalue weighted by atomic mass is 9.96. The number of nitrogens with zero attached hydrogens (tertiary/aromatic N) is 4. The van der Waals surface area contributed by atoms with Gasteiger partial charge in [-0.25, -0.2) is 4.98 Å². The summed E-state index contributed by atoms with van der Waals surface area (Å²) in [5.41, 5.74) is 6.10. The van der Waals surface area contributed by atoms with Crippen LogP contribution in [0.1, 0.15) is 22.7 Å². The van der Waals surface area contributed by atoms with Crippen molar-refractivity contribution in [3.63, 3.8) is 0 Å². The number of aliphatic hydroxyl groups is 1. The molecular weight excluding hydrogens is 396 g/mol. The number of imidazole rings is 1. The van der Waals surface area contributed by atoms with Crippen molar-refractivity contribution in [3.8, 4) is 0 Å². The van der Waals surface area contributed by atoms with Gasteiger partial charge in [-0.2, -0.15) is 0 Å². The van der Waals surface area contributed by atoms with Gasteiger partial charge >= 0.3 is 0 Å². The van der Waals surface area contributed by atoms with Gasteiger partial charge in [0.15, 0.2) is 0 Å². The van der Waals surface area contributed by atoms with Crippen LogP contribution >= 0.6 is 0 Å². The second-order valence-electron chi connectivity index (χ2n) is 8.52. The fourth-order valence-corrected chi connectivity index (χ4v) is 4.82. The molecule has 3 aromatic carbocycles. The minimum atomic E-state index is 0.129. The third kappa shape index (κ3) is 4.46. The minimum Gasteiger partial charge on any atom is -0.395 e. The molecule has 0 spiro atoms. The highest BCUT2D eigenvalue weighted by molar-refractivity contribution is 5.76. The summed E-state index contributed by atoms with van der Waals surface area (Å²) >= 11 is 0. The summed E-state index contributed by atoms with van der Waals surface area (Å²) in [7, 11) is 0. The maximum atomic E-state index is 9.22. The van der Waals surface area contributed by atoms with Crippen molar-refractivity contribution in [2.45, 2.75) is 19.1 Å². The van der Waals surface area contributed by atoms with Gasteiger partial charge < -0.3 is 9.67 Å². The van der Waals surface area contributed by atoms with Crippen molar-refractivity contribution in [2.75, 3.05) is 32.8 Å². The van der Waals surface area contributed by atoms with Crippen molar-refractivity contribution in [3.05, 3.63) is 102 Å². The Morgan fingerprint density at radius 1 is 0.812 bits per heavy atom. The topological polar surface area (TPSA) is 44.5 Å². The van der Waals surface area contributed by atoms with Gasteiger partial charge in [0.05, 0.1) is 30.0 Å². The summed E-state index contributed by atoms with van der Waals surface area (Å²) in [5, 5.41) is 9.22. The predicted octanol–water partition coefficient (Wildman–Crippen LogP) is 3.94. The Morgan fingerprint density at radius 2 is 1.47 bits per heavy atom. The smallest absolute Gasteiger partial charge is 0.0959 e. The Labute approximate surface area is 189 Å². The summed E-state index contributed by atoms with van der Waals surface area (Å²) in [5.74, 6) is 0. The first-order chi connectivity index (χ1) is 15.8. The van der Waals surface area contributed by atoms with Crippen LogP contribution in [0.15, 0.2) is 85.2 Å². The van der Waals surface area contributed by atoms with E-state index in [1.807, 2.05) is 10.9 Å². The van der Waals surface area contributed by atoms with E-state index in [9.17, 15) is 5.11 Å². The van der Waals surface area contributed by atoms with E-state index in [0.717, 1.165) is 43.8 Å². The van der Waals surface area contributed by atoms with Crippen molar-refractivity contribution in [2.24, 2.45) is 0 Å². The molecule has 0 unspecified atom stereocenters. The van der Waals surface area contributed by atoms with Crippen LogP contribution in [-0.4, -0.2) is 57.2 Å². The lowest BCUT2D eigenvalue weighted by molar-refractivity contribution is 0.105. The van der Waals surface area contributed by atoms with Crippen LogP contribution in [0.4, 0.5) is 0 Å². The normalized spacial score (nSPS) is 15.6. The van der Waals surface area contributed by atoms with Gasteiger partial charge in [0, 0.05) is 39.3 Å². The molecule has 4 aromatic rings. The van der Waals surface area contributed by atoms with Crippen LogP contribution in [0, 0.1) is 0 Å². The van der Waals surface area contributed by atoms with Crippen LogP contribution in [-0.2, 0) is 13.1 Å². The van der Waals surface area contributed by atoms with Crippen LogP contribution in [0.5, 0.6) is 0 Å². The molecule has 5 rings (SSSR count). The number of aromatic nitrogens is 2. The Kier molecular flexibility index (Phi) is 6.30. The molecule has 1 fully saturated rings. The average molecular weight is 427 g/mol. The maximum absolute atomic E-state index is 9.22. The van der Waals surface area contributed by atoms with E-state index in [1.165, 1.54) is 16.7 Å². The van der Waals surface area contributed by atoms with Gasteiger partial charge in [-0.3, -0.25) is 9.80 Å². The monoisotopic (exact) mass is 426 g/mol. The van der Waals surface area contributed by atoms with Crippen LogP contribution in [0.25, 0.3) is 11.0 Å². The summed E-state index contributed by atoms with van der Waals surface area (Å²) in [6.07, 6.45) is 1.82. The third-order valence-corrected chi connectivity index (χ3v) is 6.44. The molecule has 1 saturated heterocycles. The van der Waals surface area contributed by atoms with E-state index in [0.29, 0.717) is 12.6 Å². The number of hydrogen-bond acceptors (Lipinski definition) is 4. The Hall–Kier alpha value is -2.99. The molecule has 0 saturated carbocycles. The minimum absolute atomic E-state index is 0.129. The number of aliphatic hydroxyl groups excluding tert-OH is 1. The molecule has 5 heteroatoms. The van der Waals surface area contributed by atoms with Gasteiger partial charge in [-0.05, 0) is 28.8 Å². The first-order valence-electron chi connectivity index (χ1n) is 11.4. The van der Waals surface area contributed by atoms with Crippen molar-refractivity contribution in [1.29, 1.82) is 0 Å². The molecule has 0 atom stereocenters. The summed E-state index contributed by atoms with van der Waals surface area (Å²) < 4.78 is 2.01. The van der Waals surface area contributed by atoms with E-state index >= 15 is 0 Å². The molecule has 1 aliphatic rings. The summed E-state index contributed by atoms with van der Waals surface area (Å²) in [6, 6.07) is 28.5. The molecule has 1 N–H and O–H groups in total. The molecule has 0 aliphatic carbocycles. The molecule has 0 amide bonds. The fourth-order valence-electron chi connectivity index (χ4n) is 4.82. The van der Waals surface area contributed by atoms with E-state index in [2.05, 4.69) is 93.6 Å². The third-order valence-electron chi connectivity index (χ3n) is 6.44. The van der Waals surface area contributed by atoms with Crippen molar-refractivity contribution in [1.82, 2.24) is 19.4 Å². The van der Waals surface area contributed by atoms with Crippen LogP contribution in [0.3, 0.4) is 0 Å². The molecule has 1 aliphatic heterocycles. The largest absolute Gasteiger partial charge is 0.395 e. The molecule has 2 heterocycles. The quantitative estimate of drug-likeness (QED) is 0.486. The van der Waals surface area contributed by atoms with Gasteiger partial charge in [0.1, 0.15) is 0 Å². The Bertz CT molecular complexity index is 1090. The fraction of sp³-hybridized carbons (Fsp3) is 0.296. The second kappa shape index (κ2) is 9.65. The Balaban J connectivity index is 1.27. The number of piperazine rings is 1. The zero-order valence-electron chi connectivity index (χ0n) is 18.3. The summed E-state index contributed by atoms with van der Waals surface area (Å²) in [6.45, 7) is 5.84. The molecule has 0 bridgehead atoms. The molecule has 5 nitrogen and oxygen atoms in total. The first kappa shape index (κ1) is 20.9. The summed E-state index contributed by atoms with van der Waals surface area (Å²) in [4.78, 5) is 9.67. The second-order valence-corrected chi connectivity index (χ2v) is 8.52. The van der Waals surface area contributed by atoms with E-state index in [1.54, 1.807) is 0 Å². The Morgan fingerprint density at radius 3 is 2.09 bits per heavy atom. The van der Waals surface area contributed by atoms with Crippen molar-refractivity contribution >= 4 is 11.0 Å². The highest BCUT2D eigenvalue weighted by Gasteiger charge is 2.26. The molecule has 0 radical (unpaired) electrons. The zero-order chi connectivity index (χ0) is 21.8. The molecule has 164 valence electrons. The maximum Gasteiger partial charge on any atom is 0.0959 e. The van der Waals surface area contributed by atoms with Gasteiger partial charge in [0.2, 0.25) is 0 Å². The predicted molar refractivity (Wildman–Crippen MR) is 128 cm³/mol. The van der Waals surface area contributed by atoms with Gasteiger partial charge in [0.25, 0.3) is 0 Å². The number of rotatable bonds is 7. The highest BCUT2D eigenvalue weighted by atomic mass is 16.3. The van der Waals surface area contributed by atoms with Crippen LogP contribution < -0.4 is 0 Å². The molecule has 32 heavy (non-hydrogen) atoms. The van der Waals surface area contributed by atoms with Crippen LogP contribution in [0.2, 0.25) is 0 Å². The number of hydrogen-bond donors (Lipinski definition) is 1. The molecular formula is C27H30N4O. The van der Waals surface area contributed by atoms with E-state index in [-0.39, 0.29) is 6.61 Å². The standard InChI is InChI=1S/C27H30N4O/c32-18-17-31-21-28-25-19-22(11-12-26(25)31)20-29-13-15-30(16-14-29)27(23-7-3-1-4-8-23)24-9-5-2-6-10-24/h1-12,19,21,27,32H,13-18,20H2. The zero-order valence-corrected chi connectivity index (χ0v) is 18.3. The van der Waals surface area contributed by atoms with Crippen molar-refractivity contribution < 1.29 is 5.11 Å². The SMILES string of the molecule is OCCn1cnc2cc(CN3CCN(C(c4ccccc4)c4ccccc4)CC3)ccc21. The van der Waals surface area contributed by atoms with Gasteiger partial charge in [-0.1, -0.05) is 66.7 Å². The lowest BCUT2D eigenvalue weighted by Gasteiger charge is -2.39. The average Bonchev–Trinajstić information content (AvgIpc) is 3.24. The molecule has 1 aromatic heterocycles. The highest BCUT2D eigenvalue weighted by Crippen LogP contribution is 2.29. The van der Waals surface area contributed by atoms with Gasteiger partial charge in [-0.15, -0.1) is 0 Å². The van der Waals surface area contributed by atoms with E-state index in [4.69, 9.17) is 0 Å². The number of benzene rings is 3. The van der Waals surface area contributed by atoms with E-state index < -0.39 is 0 Å².